The molecule has 0 atom stereocenters. The van der Waals surface area contributed by atoms with E-state index in [0.717, 1.165) is 5.69 Å². The number of hydrogen-bond donors (Lipinski definition) is 2. The lowest BCUT2D eigenvalue weighted by Gasteiger charge is -2.09. The van der Waals surface area contributed by atoms with Crippen molar-refractivity contribution in [2.45, 2.75) is 6.42 Å². The van der Waals surface area contributed by atoms with Gasteiger partial charge >= 0.3 is 0 Å². The Morgan fingerprint density at radius 2 is 1.68 bits per heavy atom. The summed E-state index contributed by atoms with van der Waals surface area (Å²) in [6.07, 6.45) is 0.241. The van der Waals surface area contributed by atoms with E-state index in [1.807, 2.05) is 18.2 Å². The normalized spacial score (nSPS) is 9.89. The van der Waals surface area contributed by atoms with Crippen molar-refractivity contribution in [1.29, 1.82) is 0 Å². The van der Waals surface area contributed by atoms with E-state index < -0.39 is 0 Å². The number of rotatable bonds is 5. The van der Waals surface area contributed by atoms with Crippen LogP contribution in [-0.4, -0.2) is 10.9 Å². The van der Waals surface area contributed by atoms with Gasteiger partial charge in [0.05, 0.1) is 6.42 Å². The highest BCUT2D eigenvalue weighted by atomic mass is 16.3. The molecule has 0 aliphatic heterocycles. The van der Waals surface area contributed by atoms with Crippen LogP contribution < -0.4 is 5.32 Å². The van der Waals surface area contributed by atoms with Gasteiger partial charge < -0.3 is 10.4 Å². The number of phenolic OH excluding ortho intramolecular Hbond substituents is 1. The zero-order chi connectivity index (χ0) is 13.7. The lowest BCUT2D eigenvalue weighted by atomic mass is 10.1. The van der Waals surface area contributed by atoms with Gasteiger partial charge in [0, 0.05) is 16.9 Å². The molecule has 96 valence electrons. The highest BCUT2D eigenvalue weighted by molar-refractivity contribution is 5.97. The van der Waals surface area contributed by atoms with Crippen LogP contribution in [0.25, 0.3) is 0 Å². The fourth-order valence-corrected chi connectivity index (χ4v) is 1.71. The van der Waals surface area contributed by atoms with E-state index in [-0.39, 0.29) is 18.0 Å². The molecule has 3 heteroatoms. The zero-order valence-corrected chi connectivity index (χ0v) is 10.5. The van der Waals surface area contributed by atoms with E-state index in [1.54, 1.807) is 36.4 Å². The number of carbonyl (C=O) groups is 1. The molecule has 0 spiro atoms. The first kappa shape index (κ1) is 12.9. The van der Waals surface area contributed by atoms with Gasteiger partial charge in [0.2, 0.25) is 0 Å². The maximum Gasteiger partial charge on any atom is 0.168 e. The van der Waals surface area contributed by atoms with Crippen LogP contribution in [-0.2, 0) is 0 Å². The van der Waals surface area contributed by atoms with E-state index in [4.69, 9.17) is 0 Å². The lowest BCUT2D eigenvalue weighted by molar-refractivity contribution is 0.0993. The van der Waals surface area contributed by atoms with E-state index in [2.05, 4.69) is 11.9 Å². The Kier molecular flexibility index (Phi) is 3.98. The van der Waals surface area contributed by atoms with Crippen molar-refractivity contribution in [3.8, 4) is 5.75 Å². The van der Waals surface area contributed by atoms with Crippen LogP contribution in [0, 0.1) is 0 Å². The summed E-state index contributed by atoms with van der Waals surface area (Å²) in [5, 5.41) is 12.2. The number of hydrogen-bond acceptors (Lipinski definition) is 3. The van der Waals surface area contributed by atoms with Crippen molar-refractivity contribution in [2.24, 2.45) is 0 Å². The summed E-state index contributed by atoms with van der Waals surface area (Å²) in [5.41, 5.74) is 2.10. The number of aromatic hydroxyl groups is 1. The van der Waals surface area contributed by atoms with Crippen LogP contribution >= 0.6 is 0 Å². The maximum absolute atomic E-state index is 12.0. The maximum atomic E-state index is 12.0. The number of benzene rings is 2. The molecule has 19 heavy (non-hydrogen) atoms. The van der Waals surface area contributed by atoms with Gasteiger partial charge in [0.15, 0.2) is 5.78 Å². The van der Waals surface area contributed by atoms with Crippen LogP contribution in [0.1, 0.15) is 16.8 Å². The molecule has 0 saturated carbocycles. The molecule has 0 aliphatic carbocycles. The van der Waals surface area contributed by atoms with Gasteiger partial charge in [-0.05, 0) is 24.3 Å². The molecule has 2 N–H and O–H groups in total. The standard InChI is InChI=1S/C16H15NO2/c1-12(17-14-7-9-15(18)10-8-14)11-16(19)13-5-3-2-4-6-13/h2-10,17-18H,1,11H2. The highest BCUT2D eigenvalue weighted by Crippen LogP contribution is 2.17. The molecule has 0 saturated heterocycles. The second-order valence-electron chi connectivity index (χ2n) is 4.24. The van der Waals surface area contributed by atoms with Crippen molar-refractivity contribution >= 4 is 11.5 Å². The minimum Gasteiger partial charge on any atom is -0.508 e. The summed E-state index contributed by atoms with van der Waals surface area (Å²) in [7, 11) is 0. The summed E-state index contributed by atoms with van der Waals surface area (Å²) in [6, 6.07) is 15.7. The predicted molar refractivity (Wildman–Crippen MR) is 76.3 cm³/mol. The monoisotopic (exact) mass is 253 g/mol. The molecule has 2 aromatic rings. The number of carbonyl (C=O) groups excluding carboxylic acids is 1. The summed E-state index contributed by atoms with van der Waals surface area (Å²) < 4.78 is 0. The van der Waals surface area contributed by atoms with Gasteiger partial charge in [-0.15, -0.1) is 0 Å². The molecule has 0 fully saturated rings. The quantitative estimate of drug-likeness (QED) is 0.632. The number of nitrogens with one attached hydrogen (secondary N) is 1. The molecule has 0 heterocycles. The molecule has 2 aromatic carbocycles. The fourth-order valence-electron chi connectivity index (χ4n) is 1.71. The zero-order valence-electron chi connectivity index (χ0n) is 10.5. The van der Waals surface area contributed by atoms with Gasteiger partial charge in [-0.25, -0.2) is 0 Å². The van der Waals surface area contributed by atoms with E-state index in [1.165, 1.54) is 0 Å². The Bertz CT molecular complexity index is 573. The third kappa shape index (κ3) is 3.71. The first-order valence-electron chi connectivity index (χ1n) is 5.97. The summed E-state index contributed by atoms with van der Waals surface area (Å²) in [6.45, 7) is 3.84. The van der Waals surface area contributed by atoms with Gasteiger partial charge in [-0.2, -0.15) is 0 Å². The Hall–Kier alpha value is -2.55. The first-order valence-corrected chi connectivity index (χ1v) is 5.97. The van der Waals surface area contributed by atoms with E-state index >= 15 is 0 Å². The van der Waals surface area contributed by atoms with Gasteiger partial charge in [0.25, 0.3) is 0 Å². The number of ketones is 1. The van der Waals surface area contributed by atoms with Crippen molar-refractivity contribution in [3.05, 3.63) is 72.4 Å². The van der Waals surface area contributed by atoms with Crippen LogP contribution in [0.15, 0.2) is 66.9 Å². The molecular weight excluding hydrogens is 238 g/mol. The summed E-state index contributed by atoms with van der Waals surface area (Å²) in [5.74, 6) is 0.230. The molecule has 0 amide bonds. The Morgan fingerprint density at radius 1 is 1.05 bits per heavy atom. The minimum absolute atomic E-state index is 0.0249. The minimum atomic E-state index is 0.0249. The number of Topliss-reactive ketones (excluding diaryl/α,β-unsaturated/α-hetero) is 1. The van der Waals surface area contributed by atoms with E-state index in [9.17, 15) is 9.90 Å². The molecule has 0 aliphatic rings. The number of allylic oxidation sites excluding steroid dienone is 1. The largest absolute Gasteiger partial charge is 0.508 e. The molecule has 0 bridgehead atoms. The molecular formula is C16H15NO2. The topological polar surface area (TPSA) is 49.3 Å². The number of phenols is 1. The van der Waals surface area contributed by atoms with Crippen LogP contribution in [0.5, 0.6) is 5.75 Å². The van der Waals surface area contributed by atoms with Gasteiger partial charge in [0.1, 0.15) is 5.75 Å². The number of anilines is 1. The average molecular weight is 253 g/mol. The molecule has 0 aromatic heterocycles. The van der Waals surface area contributed by atoms with Crippen molar-refractivity contribution in [3.63, 3.8) is 0 Å². The molecule has 3 nitrogen and oxygen atoms in total. The summed E-state index contributed by atoms with van der Waals surface area (Å²) in [4.78, 5) is 12.0. The van der Waals surface area contributed by atoms with Gasteiger partial charge in [-0.1, -0.05) is 36.9 Å². The van der Waals surface area contributed by atoms with Gasteiger partial charge in [-0.3, -0.25) is 4.79 Å². The van der Waals surface area contributed by atoms with Crippen LogP contribution in [0.3, 0.4) is 0 Å². The van der Waals surface area contributed by atoms with Crippen molar-refractivity contribution in [2.75, 3.05) is 5.32 Å². The molecule has 2 rings (SSSR count). The molecule has 0 radical (unpaired) electrons. The second kappa shape index (κ2) is 5.87. The highest BCUT2D eigenvalue weighted by Gasteiger charge is 2.07. The first-order chi connectivity index (χ1) is 9.15. The third-order valence-electron chi connectivity index (χ3n) is 2.66. The SMILES string of the molecule is C=C(CC(=O)c1ccccc1)Nc1ccc(O)cc1. The lowest BCUT2D eigenvalue weighted by Crippen LogP contribution is -2.06. The van der Waals surface area contributed by atoms with Crippen LogP contribution in [0.2, 0.25) is 0 Å². The summed E-state index contributed by atoms with van der Waals surface area (Å²) >= 11 is 0. The molecule has 0 unspecified atom stereocenters. The Balaban J connectivity index is 1.95. The second-order valence-corrected chi connectivity index (χ2v) is 4.24. The third-order valence-corrected chi connectivity index (χ3v) is 2.66. The van der Waals surface area contributed by atoms with Crippen molar-refractivity contribution in [1.82, 2.24) is 0 Å². The smallest absolute Gasteiger partial charge is 0.168 e. The van der Waals surface area contributed by atoms with E-state index in [0.29, 0.717) is 11.3 Å². The average Bonchev–Trinajstić information content (AvgIpc) is 2.42. The fraction of sp³-hybridized carbons (Fsp3) is 0.0625. The van der Waals surface area contributed by atoms with Crippen molar-refractivity contribution < 1.29 is 9.90 Å². The Labute approximate surface area is 112 Å². The predicted octanol–water partition coefficient (Wildman–Crippen LogP) is 3.59. The van der Waals surface area contributed by atoms with Crippen LogP contribution in [0.4, 0.5) is 5.69 Å². The Morgan fingerprint density at radius 3 is 2.32 bits per heavy atom.